The highest BCUT2D eigenvalue weighted by Gasteiger charge is 2.08. The van der Waals surface area contributed by atoms with E-state index in [0.29, 0.717) is 17.8 Å². The molecule has 8 heteroatoms. The van der Waals surface area contributed by atoms with Gasteiger partial charge in [0.2, 0.25) is 0 Å². The summed E-state index contributed by atoms with van der Waals surface area (Å²) in [4.78, 5) is 13.5. The average Bonchev–Trinajstić information content (AvgIpc) is 3.02. The molecule has 1 amide bonds. The number of benzene rings is 1. The maximum Gasteiger partial charge on any atom is 0.251 e. The van der Waals surface area contributed by atoms with Crippen molar-refractivity contribution in [3.8, 4) is 0 Å². The van der Waals surface area contributed by atoms with Crippen molar-refractivity contribution in [3.63, 3.8) is 0 Å². The molecule has 3 rings (SSSR count). The lowest BCUT2D eigenvalue weighted by molar-refractivity contribution is 0.0963. The van der Waals surface area contributed by atoms with Gasteiger partial charge in [0, 0.05) is 26.2 Å². The van der Waals surface area contributed by atoms with E-state index in [4.69, 9.17) is 0 Å². The van der Waals surface area contributed by atoms with E-state index in [9.17, 15) is 4.79 Å². The number of tetrazole rings is 1. The highest BCUT2D eigenvalue weighted by atomic mass is 16.1. The van der Waals surface area contributed by atoms with Crippen molar-refractivity contribution in [2.24, 2.45) is 0 Å². The van der Waals surface area contributed by atoms with Gasteiger partial charge in [0.05, 0.1) is 0 Å². The average molecular weight is 297 g/mol. The Morgan fingerprint density at radius 3 is 2.73 bits per heavy atom. The largest absolute Gasteiger partial charge is 0.355 e. The number of hydrogen-bond donors (Lipinski definition) is 1. The zero-order chi connectivity index (χ0) is 15.5. The Kier molecular flexibility index (Phi) is 3.65. The van der Waals surface area contributed by atoms with Gasteiger partial charge in [0.15, 0.2) is 11.5 Å². The first-order chi connectivity index (χ1) is 10.7. The molecule has 3 aromatic rings. The Bertz CT molecular complexity index is 796. The molecule has 22 heavy (non-hydrogen) atoms. The zero-order valence-electron chi connectivity index (χ0n) is 12.3. The van der Waals surface area contributed by atoms with Gasteiger partial charge in [0.25, 0.3) is 5.91 Å². The van der Waals surface area contributed by atoms with Gasteiger partial charge in [-0.1, -0.05) is 12.1 Å². The summed E-state index contributed by atoms with van der Waals surface area (Å²) < 4.78 is 1.39. The number of amides is 1. The van der Waals surface area contributed by atoms with E-state index in [0.717, 1.165) is 11.4 Å². The number of nitrogens with one attached hydrogen (secondary N) is 1. The molecule has 2 heterocycles. The van der Waals surface area contributed by atoms with E-state index in [1.165, 1.54) is 4.63 Å². The van der Waals surface area contributed by atoms with Crippen molar-refractivity contribution in [3.05, 3.63) is 47.5 Å². The predicted molar refractivity (Wildman–Crippen MR) is 80.5 cm³/mol. The second-order valence-electron chi connectivity index (χ2n) is 4.85. The van der Waals surface area contributed by atoms with Gasteiger partial charge in [-0.15, -0.1) is 14.8 Å². The molecule has 0 fully saturated rings. The van der Waals surface area contributed by atoms with Crippen molar-refractivity contribution >= 4 is 17.4 Å². The molecule has 1 N–H and O–H groups in total. The highest BCUT2D eigenvalue weighted by Crippen LogP contribution is 2.13. The van der Waals surface area contributed by atoms with Gasteiger partial charge in [-0.05, 0) is 40.3 Å². The van der Waals surface area contributed by atoms with E-state index in [2.05, 4.69) is 25.9 Å². The number of aromatic nitrogens is 5. The summed E-state index contributed by atoms with van der Waals surface area (Å²) in [5.41, 5.74) is 2.32. The van der Waals surface area contributed by atoms with Crippen LogP contribution < -0.4 is 10.2 Å². The fourth-order valence-electron chi connectivity index (χ4n) is 2.10. The minimum Gasteiger partial charge on any atom is -0.355 e. The molecule has 0 unspecified atom stereocenters. The van der Waals surface area contributed by atoms with Crippen molar-refractivity contribution < 1.29 is 4.79 Å². The first-order valence-corrected chi connectivity index (χ1v) is 6.75. The van der Waals surface area contributed by atoms with Crippen LogP contribution in [0.3, 0.4) is 0 Å². The van der Waals surface area contributed by atoms with Crippen LogP contribution in [0.1, 0.15) is 15.9 Å². The van der Waals surface area contributed by atoms with Crippen molar-refractivity contribution in [1.29, 1.82) is 0 Å². The van der Waals surface area contributed by atoms with E-state index >= 15 is 0 Å². The topological polar surface area (TPSA) is 88.3 Å². The zero-order valence-corrected chi connectivity index (χ0v) is 12.3. The standard InChI is InChI=1S/C14H15N7O/c1-15-14(22)11-5-3-10(4-6-11)9-20(2)13-8-7-12-16-18-19-21(12)17-13/h3-8H,9H2,1-2H3,(H,15,22). The Labute approximate surface area is 126 Å². The smallest absolute Gasteiger partial charge is 0.251 e. The molecule has 0 saturated carbocycles. The monoisotopic (exact) mass is 297 g/mol. The highest BCUT2D eigenvalue weighted by molar-refractivity contribution is 5.93. The van der Waals surface area contributed by atoms with Crippen LogP contribution in [0.25, 0.3) is 5.65 Å². The Hall–Kier alpha value is -3.03. The Morgan fingerprint density at radius 2 is 2.00 bits per heavy atom. The second-order valence-corrected chi connectivity index (χ2v) is 4.85. The van der Waals surface area contributed by atoms with Gasteiger partial charge < -0.3 is 10.2 Å². The molecule has 8 nitrogen and oxygen atoms in total. The van der Waals surface area contributed by atoms with Crippen LogP contribution in [0.2, 0.25) is 0 Å². The van der Waals surface area contributed by atoms with Crippen LogP contribution in [0.15, 0.2) is 36.4 Å². The number of carbonyl (C=O) groups excluding carboxylic acids is 1. The molecule has 1 aromatic carbocycles. The van der Waals surface area contributed by atoms with Crippen LogP contribution in [0, 0.1) is 0 Å². The third-order valence-corrected chi connectivity index (χ3v) is 3.31. The van der Waals surface area contributed by atoms with Crippen LogP contribution in [0.5, 0.6) is 0 Å². The predicted octanol–water partition coefficient (Wildman–Crippen LogP) is 0.515. The minimum atomic E-state index is -0.0919. The summed E-state index contributed by atoms with van der Waals surface area (Å²) in [6.45, 7) is 0.661. The number of fused-ring (bicyclic) bond motifs is 1. The molecule has 2 aromatic heterocycles. The quantitative estimate of drug-likeness (QED) is 0.755. The number of anilines is 1. The lowest BCUT2D eigenvalue weighted by atomic mass is 10.1. The first kappa shape index (κ1) is 13.9. The molecule has 0 aliphatic heterocycles. The summed E-state index contributed by atoms with van der Waals surface area (Å²) in [5.74, 6) is 0.667. The molecular formula is C14H15N7O. The van der Waals surface area contributed by atoms with Crippen LogP contribution in [-0.2, 0) is 6.54 Å². The van der Waals surface area contributed by atoms with Gasteiger partial charge >= 0.3 is 0 Å². The molecule has 0 spiro atoms. The molecule has 0 aliphatic carbocycles. The summed E-state index contributed by atoms with van der Waals surface area (Å²) in [6.07, 6.45) is 0. The van der Waals surface area contributed by atoms with E-state index in [1.807, 2.05) is 36.2 Å². The first-order valence-electron chi connectivity index (χ1n) is 6.75. The van der Waals surface area contributed by atoms with Gasteiger partial charge in [-0.2, -0.15) is 0 Å². The summed E-state index contributed by atoms with van der Waals surface area (Å²) >= 11 is 0. The molecular weight excluding hydrogens is 282 g/mol. The molecule has 0 aliphatic rings. The number of hydrogen-bond acceptors (Lipinski definition) is 6. The number of carbonyl (C=O) groups is 1. The van der Waals surface area contributed by atoms with Crippen LogP contribution >= 0.6 is 0 Å². The molecule has 0 bridgehead atoms. The summed E-state index contributed by atoms with van der Waals surface area (Å²) in [5, 5.41) is 18.1. The van der Waals surface area contributed by atoms with Crippen molar-refractivity contribution in [1.82, 2.24) is 30.6 Å². The lowest BCUT2D eigenvalue weighted by Gasteiger charge is -2.17. The maximum atomic E-state index is 11.5. The van der Waals surface area contributed by atoms with Crippen LogP contribution in [0.4, 0.5) is 5.82 Å². The molecule has 112 valence electrons. The fourth-order valence-corrected chi connectivity index (χ4v) is 2.10. The normalized spacial score (nSPS) is 10.6. The SMILES string of the molecule is CNC(=O)c1ccc(CN(C)c2ccc3nnnn3n2)cc1. The lowest BCUT2D eigenvalue weighted by Crippen LogP contribution is -2.20. The molecule has 0 radical (unpaired) electrons. The summed E-state index contributed by atoms with van der Waals surface area (Å²) in [6, 6.07) is 11.1. The van der Waals surface area contributed by atoms with Gasteiger partial charge in [-0.3, -0.25) is 4.79 Å². The third kappa shape index (κ3) is 2.71. The fraction of sp³-hybridized carbons (Fsp3) is 0.214. The second kappa shape index (κ2) is 5.76. The molecule has 0 atom stereocenters. The van der Waals surface area contributed by atoms with Gasteiger partial charge in [0.1, 0.15) is 0 Å². The number of nitrogens with zero attached hydrogens (tertiary/aromatic N) is 6. The van der Waals surface area contributed by atoms with E-state index in [1.54, 1.807) is 19.2 Å². The van der Waals surface area contributed by atoms with Gasteiger partial charge in [-0.25, -0.2) is 0 Å². The van der Waals surface area contributed by atoms with E-state index < -0.39 is 0 Å². The van der Waals surface area contributed by atoms with Crippen molar-refractivity contribution in [2.75, 3.05) is 19.0 Å². The summed E-state index contributed by atoms with van der Waals surface area (Å²) in [7, 11) is 3.55. The van der Waals surface area contributed by atoms with Crippen LogP contribution in [-0.4, -0.2) is 45.3 Å². The Morgan fingerprint density at radius 1 is 1.23 bits per heavy atom. The third-order valence-electron chi connectivity index (χ3n) is 3.31. The van der Waals surface area contributed by atoms with E-state index in [-0.39, 0.29) is 5.91 Å². The Balaban J connectivity index is 1.75. The molecule has 0 saturated heterocycles. The maximum absolute atomic E-state index is 11.5. The van der Waals surface area contributed by atoms with Crippen molar-refractivity contribution in [2.45, 2.75) is 6.54 Å². The minimum absolute atomic E-state index is 0.0919. The number of rotatable bonds is 4.